The summed E-state index contributed by atoms with van der Waals surface area (Å²) in [5.74, 6) is -7.82. The van der Waals surface area contributed by atoms with Crippen LogP contribution in [0, 0.1) is 29.5 Å². The van der Waals surface area contributed by atoms with Gasteiger partial charge >= 0.3 is 12.1 Å². The normalized spacial score (nSPS) is 19.6. The standard InChI is InChI=1S/C21H22ClF4NO3/c1-11(20(29)30)9-13-3-8-16(23)17(10-13)27-19(28)18(12(2)21(24,25)26)14-4-6-15(22)7-5-14/h3-4,6-8,10-12,14,18H,5,9H2,1-2H3,(H,27,28)(H,29,30)/t11?,12-,14?,18+/m1/s1. The minimum Gasteiger partial charge on any atom is -0.481 e. The molecule has 0 bridgehead atoms. The van der Waals surface area contributed by atoms with Crippen LogP contribution in [0.3, 0.4) is 0 Å². The van der Waals surface area contributed by atoms with E-state index in [1.54, 1.807) is 0 Å². The second-order valence-corrected chi connectivity index (χ2v) is 7.89. The van der Waals surface area contributed by atoms with E-state index in [1.165, 1.54) is 37.3 Å². The molecule has 0 aromatic heterocycles. The zero-order chi connectivity index (χ0) is 22.6. The van der Waals surface area contributed by atoms with Crippen molar-refractivity contribution in [3.8, 4) is 0 Å². The van der Waals surface area contributed by atoms with Crippen molar-refractivity contribution in [2.75, 3.05) is 5.32 Å². The van der Waals surface area contributed by atoms with Crippen LogP contribution in [-0.4, -0.2) is 23.2 Å². The maximum atomic E-state index is 14.2. The molecular weight excluding hydrogens is 426 g/mol. The van der Waals surface area contributed by atoms with Crippen LogP contribution >= 0.6 is 11.6 Å². The Balaban J connectivity index is 2.28. The van der Waals surface area contributed by atoms with Crippen LogP contribution in [-0.2, 0) is 16.0 Å². The molecule has 0 radical (unpaired) electrons. The molecule has 1 aliphatic carbocycles. The molecule has 9 heteroatoms. The molecule has 2 rings (SSSR count). The fourth-order valence-electron chi connectivity index (χ4n) is 3.33. The van der Waals surface area contributed by atoms with Crippen LogP contribution in [0.4, 0.5) is 23.2 Å². The van der Waals surface area contributed by atoms with Gasteiger partial charge in [-0.25, -0.2) is 4.39 Å². The highest BCUT2D eigenvalue weighted by atomic mass is 35.5. The summed E-state index contributed by atoms with van der Waals surface area (Å²) in [7, 11) is 0. The number of rotatable bonds is 7. The van der Waals surface area contributed by atoms with Crippen LogP contribution in [0.15, 0.2) is 41.5 Å². The first-order valence-corrected chi connectivity index (χ1v) is 9.70. The first-order chi connectivity index (χ1) is 13.9. The summed E-state index contributed by atoms with van der Waals surface area (Å²) >= 11 is 5.83. The number of halogens is 5. The quantitative estimate of drug-likeness (QED) is 0.539. The molecule has 0 fully saturated rings. The zero-order valence-corrected chi connectivity index (χ0v) is 17.1. The number of nitrogens with one attached hydrogen (secondary N) is 1. The van der Waals surface area contributed by atoms with Crippen molar-refractivity contribution in [2.24, 2.45) is 23.7 Å². The average Bonchev–Trinajstić information content (AvgIpc) is 2.65. The van der Waals surface area contributed by atoms with E-state index in [9.17, 15) is 27.2 Å². The number of carbonyl (C=O) groups is 2. The van der Waals surface area contributed by atoms with E-state index >= 15 is 0 Å². The van der Waals surface area contributed by atoms with Crippen LogP contribution < -0.4 is 5.32 Å². The molecule has 0 heterocycles. The number of hydrogen-bond acceptors (Lipinski definition) is 2. The molecule has 1 amide bonds. The lowest BCUT2D eigenvalue weighted by Gasteiger charge is -2.31. The fraction of sp³-hybridized carbons (Fsp3) is 0.429. The third-order valence-corrected chi connectivity index (χ3v) is 5.44. The lowest BCUT2D eigenvalue weighted by molar-refractivity contribution is -0.188. The monoisotopic (exact) mass is 447 g/mol. The number of aliphatic carboxylic acids is 1. The summed E-state index contributed by atoms with van der Waals surface area (Å²) in [6.07, 6.45) is 0.0218. The van der Waals surface area contributed by atoms with Crippen molar-refractivity contribution in [3.05, 3.63) is 52.8 Å². The SMILES string of the molecule is CC(Cc1ccc(F)c(NC(=O)[C@H](C2C=CC(Cl)=CC2)[C@@H](C)C(F)(F)F)c1)C(=O)O. The number of hydrogen-bond donors (Lipinski definition) is 2. The minimum atomic E-state index is -4.63. The van der Waals surface area contributed by atoms with Gasteiger partial charge in [-0.15, -0.1) is 0 Å². The van der Waals surface area contributed by atoms with Crippen LogP contribution in [0.2, 0.25) is 0 Å². The number of carboxylic acid groups (broad SMARTS) is 1. The molecule has 0 saturated carbocycles. The Kier molecular flexibility index (Phi) is 7.69. The molecule has 0 spiro atoms. The Morgan fingerprint density at radius 3 is 2.50 bits per heavy atom. The highest BCUT2D eigenvalue weighted by molar-refractivity contribution is 6.31. The van der Waals surface area contributed by atoms with Gasteiger partial charge in [-0.1, -0.05) is 43.7 Å². The van der Waals surface area contributed by atoms with Gasteiger partial charge in [0.2, 0.25) is 5.91 Å². The number of carboxylic acids is 1. The third kappa shape index (κ3) is 6.08. The van der Waals surface area contributed by atoms with Crippen LogP contribution in [0.5, 0.6) is 0 Å². The molecule has 30 heavy (non-hydrogen) atoms. The molecule has 2 N–H and O–H groups in total. The topological polar surface area (TPSA) is 66.4 Å². The highest BCUT2D eigenvalue weighted by Crippen LogP contribution is 2.39. The van der Waals surface area contributed by atoms with Crippen molar-refractivity contribution in [1.29, 1.82) is 0 Å². The highest BCUT2D eigenvalue weighted by Gasteiger charge is 2.46. The smallest absolute Gasteiger partial charge is 0.392 e. The van der Waals surface area contributed by atoms with Crippen molar-refractivity contribution in [1.82, 2.24) is 0 Å². The van der Waals surface area contributed by atoms with Crippen molar-refractivity contribution >= 4 is 29.2 Å². The van der Waals surface area contributed by atoms with Gasteiger partial charge in [-0.05, 0) is 42.5 Å². The molecule has 1 aromatic carbocycles. The Hall–Kier alpha value is -2.35. The van der Waals surface area contributed by atoms with E-state index in [2.05, 4.69) is 5.32 Å². The Bertz CT molecular complexity index is 866. The van der Waals surface area contributed by atoms with Gasteiger partial charge in [0.1, 0.15) is 5.82 Å². The van der Waals surface area contributed by atoms with Crippen LogP contribution in [0.1, 0.15) is 25.8 Å². The third-order valence-electron chi connectivity index (χ3n) is 5.16. The summed E-state index contributed by atoms with van der Waals surface area (Å²) in [5.41, 5.74) is 0.150. The maximum Gasteiger partial charge on any atom is 0.392 e. The van der Waals surface area contributed by atoms with E-state index in [0.29, 0.717) is 10.6 Å². The first kappa shape index (κ1) is 23.9. The van der Waals surface area contributed by atoms with Crippen LogP contribution in [0.25, 0.3) is 0 Å². The Labute approximate surface area is 176 Å². The largest absolute Gasteiger partial charge is 0.481 e. The van der Waals surface area contributed by atoms with Crippen molar-refractivity contribution in [3.63, 3.8) is 0 Å². The van der Waals surface area contributed by atoms with Gasteiger partial charge in [-0.2, -0.15) is 13.2 Å². The summed E-state index contributed by atoms with van der Waals surface area (Å²) in [4.78, 5) is 23.8. The Morgan fingerprint density at radius 2 is 1.97 bits per heavy atom. The predicted octanol–water partition coefficient (Wildman–Crippen LogP) is 5.54. The van der Waals surface area contributed by atoms with E-state index < -0.39 is 47.5 Å². The summed E-state index contributed by atoms with van der Waals surface area (Å²) in [5, 5.41) is 11.7. The maximum absolute atomic E-state index is 14.2. The first-order valence-electron chi connectivity index (χ1n) is 9.32. The number of amides is 1. The van der Waals surface area contributed by atoms with Gasteiger partial charge in [-0.3, -0.25) is 9.59 Å². The second-order valence-electron chi connectivity index (χ2n) is 7.45. The summed E-state index contributed by atoms with van der Waals surface area (Å²) in [6, 6.07) is 3.66. The van der Waals surface area contributed by atoms with Gasteiger partial charge in [0.15, 0.2) is 0 Å². The predicted molar refractivity (Wildman–Crippen MR) is 105 cm³/mol. The van der Waals surface area contributed by atoms with E-state index in [-0.39, 0.29) is 18.5 Å². The van der Waals surface area contributed by atoms with Crippen molar-refractivity contribution in [2.45, 2.75) is 32.9 Å². The van der Waals surface area contributed by atoms with E-state index in [4.69, 9.17) is 16.7 Å². The molecule has 2 unspecified atom stereocenters. The summed E-state index contributed by atoms with van der Waals surface area (Å²) in [6.45, 7) is 2.39. The van der Waals surface area contributed by atoms with Crippen molar-refractivity contribution < 1.29 is 32.3 Å². The zero-order valence-electron chi connectivity index (χ0n) is 16.3. The molecule has 164 valence electrons. The molecule has 1 aromatic rings. The van der Waals surface area contributed by atoms with Gasteiger partial charge in [0.25, 0.3) is 0 Å². The summed E-state index contributed by atoms with van der Waals surface area (Å²) < 4.78 is 54.5. The number of anilines is 1. The number of benzene rings is 1. The average molecular weight is 448 g/mol. The van der Waals surface area contributed by atoms with E-state index in [1.807, 2.05) is 0 Å². The number of alkyl halides is 3. The minimum absolute atomic E-state index is 0.0789. The van der Waals surface area contributed by atoms with E-state index in [0.717, 1.165) is 13.0 Å². The van der Waals surface area contributed by atoms with Gasteiger partial charge in [0, 0.05) is 5.03 Å². The molecule has 1 aliphatic rings. The second kappa shape index (κ2) is 9.64. The van der Waals surface area contributed by atoms with Gasteiger partial charge in [0.05, 0.1) is 23.4 Å². The number of carbonyl (C=O) groups excluding carboxylic acids is 1. The number of allylic oxidation sites excluding steroid dienone is 4. The molecular formula is C21H22ClF4NO3. The lowest BCUT2D eigenvalue weighted by Crippen LogP contribution is -2.40. The molecule has 4 atom stereocenters. The molecule has 0 saturated heterocycles. The molecule has 4 nitrogen and oxygen atoms in total. The fourth-order valence-corrected chi connectivity index (χ4v) is 3.49. The van der Waals surface area contributed by atoms with Gasteiger partial charge < -0.3 is 10.4 Å². The Morgan fingerprint density at radius 1 is 1.30 bits per heavy atom. The lowest BCUT2D eigenvalue weighted by atomic mass is 9.78. The molecule has 0 aliphatic heterocycles.